The number of phenols is 1. The van der Waals surface area contributed by atoms with Gasteiger partial charge in [-0.1, -0.05) is 118 Å². The molecule has 5 rings (SSSR count). The van der Waals surface area contributed by atoms with Gasteiger partial charge in [0.1, 0.15) is 5.75 Å². The molecule has 0 spiro atoms. The number of carbonyl (C=O) groups excluding carboxylic acids is 2. The molecule has 1 heterocycles. The molecule has 2 amide bonds. The van der Waals surface area contributed by atoms with Gasteiger partial charge in [-0.2, -0.15) is 0 Å². The maximum Gasteiger partial charge on any atom is 0.261 e. The number of likely N-dealkylation sites (tertiary alicyclic amines) is 1. The van der Waals surface area contributed by atoms with Crippen molar-refractivity contribution in [3.63, 3.8) is 0 Å². The molecule has 0 radical (unpaired) electrons. The van der Waals surface area contributed by atoms with Crippen LogP contribution in [0.25, 0.3) is 6.08 Å². The van der Waals surface area contributed by atoms with Crippen LogP contribution < -0.4 is 10.4 Å². The lowest BCUT2D eigenvalue weighted by atomic mass is 9.68. The normalized spacial score (nSPS) is 21.1. The van der Waals surface area contributed by atoms with Crippen molar-refractivity contribution in [2.24, 2.45) is 17.8 Å². The second-order valence-electron chi connectivity index (χ2n) is 14.1. The highest BCUT2D eigenvalue weighted by atomic mass is 28.4. The van der Waals surface area contributed by atoms with E-state index in [4.69, 9.17) is 4.43 Å². The molecule has 0 bridgehead atoms. The minimum Gasteiger partial charge on any atom is -0.507 e. The Bertz CT molecular complexity index is 1620. The topological polar surface area (TPSA) is 107 Å². The number of aliphatic hydroxyl groups is 2. The van der Waals surface area contributed by atoms with Crippen LogP contribution in [0.2, 0.25) is 5.04 Å². The third-order valence-corrected chi connectivity index (χ3v) is 15.3. The second-order valence-corrected chi connectivity index (χ2v) is 18.4. The van der Waals surface area contributed by atoms with Crippen LogP contribution in [0.5, 0.6) is 5.75 Å². The average Bonchev–Trinajstić information content (AvgIpc) is 3.30. The number of hydrogen-bond donors (Lipinski definition) is 3. The largest absolute Gasteiger partial charge is 0.507 e. The molecular formula is C40H49NO6Si. The van der Waals surface area contributed by atoms with Crippen LogP contribution in [-0.2, 0) is 14.0 Å². The molecule has 0 aromatic heterocycles. The maximum atomic E-state index is 13.4. The highest BCUT2D eigenvalue weighted by Crippen LogP contribution is 2.47. The van der Waals surface area contributed by atoms with E-state index in [9.17, 15) is 24.9 Å². The van der Waals surface area contributed by atoms with E-state index in [2.05, 4.69) is 45.0 Å². The summed E-state index contributed by atoms with van der Waals surface area (Å²) in [6, 6.07) is 27.8. The fraction of sp³-hybridized carbons (Fsp3) is 0.400. The first kappa shape index (κ1) is 35.5. The fourth-order valence-corrected chi connectivity index (χ4v) is 12.4. The summed E-state index contributed by atoms with van der Waals surface area (Å²) in [6.45, 7) is 8.45. The molecule has 48 heavy (non-hydrogen) atoms. The van der Waals surface area contributed by atoms with Gasteiger partial charge < -0.3 is 19.7 Å². The molecule has 4 atom stereocenters. The van der Waals surface area contributed by atoms with E-state index in [-0.39, 0.29) is 42.2 Å². The quantitative estimate of drug-likeness (QED) is 0.135. The van der Waals surface area contributed by atoms with Crippen molar-refractivity contribution in [2.45, 2.75) is 64.5 Å². The zero-order valence-electron chi connectivity index (χ0n) is 28.7. The van der Waals surface area contributed by atoms with Crippen LogP contribution in [0.4, 0.5) is 0 Å². The fourth-order valence-electron chi connectivity index (χ4n) is 7.86. The lowest BCUT2D eigenvalue weighted by molar-refractivity contribution is -0.138. The summed E-state index contributed by atoms with van der Waals surface area (Å²) >= 11 is 0. The molecule has 7 nitrogen and oxygen atoms in total. The predicted octanol–water partition coefficient (Wildman–Crippen LogP) is 5.44. The Balaban J connectivity index is 1.57. The smallest absolute Gasteiger partial charge is 0.261 e. The Morgan fingerprint density at radius 2 is 1.54 bits per heavy atom. The van der Waals surface area contributed by atoms with Crippen LogP contribution in [0.15, 0.2) is 102 Å². The van der Waals surface area contributed by atoms with Crippen LogP contribution in [-0.4, -0.2) is 66.7 Å². The molecular weight excluding hydrogens is 619 g/mol. The van der Waals surface area contributed by atoms with E-state index in [0.29, 0.717) is 24.0 Å². The first-order chi connectivity index (χ1) is 22.9. The summed E-state index contributed by atoms with van der Waals surface area (Å²) in [5, 5.41) is 35.1. The van der Waals surface area contributed by atoms with E-state index in [0.717, 1.165) is 27.9 Å². The second kappa shape index (κ2) is 14.7. The zero-order valence-corrected chi connectivity index (χ0v) is 29.7. The number of aliphatic hydroxyl groups excluding tert-OH is 2. The highest BCUT2D eigenvalue weighted by molar-refractivity contribution is 6.99. The maximum absolute atomic E-state index is 13.4. The van der Waals surface area contributed by atoms with Gasteiger partial charge in [-0.3, -0.25) is 14.5 Å². The number of rotatable bonds is 12. The number of amides is 2. The molecule has 254 valence electrons. The van der Waals surface area contributed by atoms with Crippen molar-refractivity contribution in [3.8, 4) is 5.75 Å². The molecule has 1 aliphatic carbocycles. The molecule has 3 aromatic rings. The standard InChI is InChI=1S/C40H49NO6Si/c1-6-27(23-28-15-13-14-20-34(28)43)21-22-35(44)36-29(24-32-37(33(36)25-42)39(46)41(5)38(32)45)26-47-48(40(2,3)4,30-16-9-7-10-17-30)31-18-11-8-12-19-31/h7-20,23,32-33,35,37,42-44H,6,21-22,24-26H2,1-5H3/b27-23+/t32-,33+,35-,37-/m1/s1. The van der Waals surface area contributed by atoms with Gasteiger partial charge in [0.05, 0.1) is 31.2 Å². The van der Waals surface area contributed by atoms with Gasteiger partial charge in [-0.15, -0.1) is 0 Å². The SMILES string of the molecule is CC/C(=C\c1ccccc1O)CC[C@@H](O)C1=C(CO[Si](c2ccccc2)(c2ccccc2)C(C)(C)C)C[C@H]2C(=O)N(C)C(=O)[C@H]2[C@H]1CO. The van der Waals surface area contributed by atoms with Crippen molar-refractivity contribution in [3.05, 3.63) is 107 Å². The van der Waals surface area contributed by atoms with E-state index in [1.54, 1.807) is 12.1 Å². The third-order valence-electron chi connectivity index (χ3n) is 10.3. The van der Waals surface area contributed by atoms with Gasteiger partial charge in [0.25, 0.3) is 8.32 Å². The molecule has 3 N–H and O–H groups in total. The summed E-state index contributed by atoms with van der Waals surface area (Å²) < 4.78 is 7.29. The highest BCUT2D eigenvalue weighted by Gasteiger charge is 2.55. The first-order valence-electron chi connectivity index (χ1n) is 17.0. The lowest BCUT2D eigenvalue weighted by Crippen LogP contribution is -2.66. The average molecular weight is 668 g/mol. The van der Waals surface area contributed by atoms with Crippen LogP contribution in [0, 0.1) is 17.8 Å². The lowest BCUT2D eigenvalue weighted by Gasteiger charge is -2.44. The number of fused-ring (bicyclic) bond motifs is 1. The summed E-state index contributed by atoms with van der Waals surface area (Å²) in [7, 11) is -1.47. The molecule has 0 unspecified atom stereocenters. The molecule has 3 aromatic carbocycles. The first-order valence-corrected chi connectivity index (χ1v) is 18.9. The molecule has 8 heteroatoms. The molecule has 1 aliphatic heterocycles. The number of hydrogen-bond acceptors (Lipinski definition) is 6. The van der Waals surface area contributed by atoms with E-state index < -0.39 is 32.2 Å². The Kier molecular flexibility index (Phi) is 10.9. The van der Waals surface area contributed by atoms with Gasteiger partial charge in [0.15, 0.2) is 0 Å². The number of benzene rings is 3. The number of phenolic OH excluding ortho intramolecular Hbond substituents is 1. The van der Waals surface area contributed by atoms with Gasteiger partial charge in [-0.25, -0.2) is 0 Å². The number of para-hydroxylation sites is 1. The Labute approximate surface area is 285 Å². The molecule has 0 saturated carbocycles. The van der Waals surface area contributed by atoms with Crippen molar-refractivity contribution >= 4 is 36.6 Å². The van der Waals surface area contributed by atoms with Crippen molar-refractivity contribution < 1.29 is 29.3 Å². The molecule has 1 saturated heterocycles. The Morgan fingerprint density at radius 3 is 2.08 bits per heavy atom. The number of aromatic hydroxyl groups is 1. The van der Waals surface area contributed by atoms with Crippen LogP contribution in [0.3, 0.4) is 0 Å². The van der Waals surface area contributed by atoms with Gasteiger partial charge in [-0.05, 0) is 58.3 Å². The number of nitrogens with zero attached hydrogens (tertiary/aromatic N) is 1. The predicted molar refractivity (Wildman–Crippen MR) is 192 cm³/mol. The van der Waals surface area contributed by atoms with Gasteiger partial charge in [0.2, 0.25) is 11.8 Å². The summed E-state index contributed by atoms with van der Waals surface area (Å²) in [4.78, 5) is 27.9. The Morgan fingerprint density at radius 1 is 0.958 bits per heavy atom. The summed E-state index contributed by atoms with van der Waals surface area (Å²) in [5.74, 6) is -2.41. The number of allylic oxidation sites excluding steroid dienone is 1. The van der Waals surface area contributed by atoms with Crippen molar-refractivity contribution in [1.29, 1.82) is 0 Å². The summed E-state index contributed by atoms with van der Waals surface area (Å²) in [6.07, 6.45) is 2.92. The van der Waals surface area contributed by atoms with Gasteiger partial charge >= 0.3 is 0 Å². The third kappa shape index (κ3) is 6.72. The minimum atomic E-state index is -2.97. The van der Waals surface area contributed by atoms with E-state index in [1.807, 2.05) is 61.5 Å². The van der Waals surface area contributed by atoms with Crippen molar-refractivity contribution in [2.75, 3.05) is 20.3 Å². The van der Waals surface area contributed by atoms with Gasteiger partial charge in [0, 0.05) is 18.5 Å². The minimum absolute atomic E-state index is 0.166. The van der Waals surface area contributed by atoms with E-state index in [1.165, 1.54) is 11.9 Å². The van der Waals surface area contributed by atoms with Crippen LogP contribution >= 0.6 is 0 Å². The Hall–Kier alpha value is -3.82. The summed E-state index contributed by atoms with van der Waals surface area (Å²) in [5.41, 5.74) is 3.18. The monoisotopic (exact) mass is 667 g/mol. The number of imide groups is 1. The molecule has 2 aliphatic rings. The van der Waals surface area contributed by atoms with Crippen molar-refractivity contribution in [1.82, 2.24) is 4.90 Å². The number of carbonyl (C=O) groups is 2. The molecule has 1 fully saturated rings. The van der Waals surface area contributed by atoms with Crippen LogP contribution in [0.1, 0.15) is 58.9 Å². The zero-order chi connectivity index (χ0) is 34.6. The van der Waals surface area contributed by atoms with E-state index >= 15 is 0 Å².